The summed E-state index contributed by atoms with van der Waals surface area (Å²) in [7, 11) is 1.48. The maximum absolute atomic E-state index is 11.1. The molecular weight excluding hydrogens is 292 g/mol. The smallest absolute Gasteiger partial charge is 0.305 e. The van der Waals surface area contributed by atoms with E-state index >= 15 is 0 Å². The maximum Gasteiger partial charge on any atom is 0.305 e. The Labute approximate surface area is 116 Å². The first kappa shape index (κ1) is 15.8. The van der Waals surface area contributed by atoms with E-state index in [4.69, 9.17) is 20.2 Å². The minimum Gasteiger partial charge on any atom is -0.494 e. The molecule has 0 aromatic heterocycles. The number of carbonyl (C=O) groups excluding carboxylic acids is 1. The predicted octanol–water partition coefficient (Wildman–Crippen LogP) is 2.34. The normalized spacial score (nSPS) is 11.1. The molecule has 5 nitrogen and oxygen atoms in total. The zero-order valence-electron chi connectivity index (χ0n) is 10.5. The third-order valence-corrected chi connectivity index (χ3v) is 3.57. The highest BCUT2D eigenvalue weighted by Gasteiger charge is 2.09. The Hall–Kier alpha value is -1.27. The molecule has 7 heteroatoms. The van der Waals surface area contributed by atoms with Crippen LogP contribution in [0.2, 0.25) is 0 Å². The van der Waals surface area contributed by atoms with Gasteiger partial charge in [-0.1, -0.05) is 0 Å². The van der Waals surface area contributed by atoms with Crippen LogP contribution in [0.1, 0.15) is 19.8 Å². The lowest BCUT2D eigenvalue weighted by Gasteiger charge is -2.06. The molecule has 1 rings (SSSR count). The molecular formula is C12H15ClO5S. The Bertz CT molecular complexity index is 509. The molecule has 0 aliphatic rings. The summed E-state index contributed by atoms with van der Waals surface area (Å²) < 4.78 is 32.2. The van der Waals surface area contributed by atoms with Crippen molar-refractivity contribution in [2.75, 3.05) is 13.2 Å². The van der Waals surface area contributed by atoms with Crippen LogP contribution >= 0.6 is 10.7 Å². The molecule has 19 heavy (non-hydrogen) atoms. The van der Waals surface area contributed by atoms with Gasteiger partial charge in [-0.3, -0.25) is 4.79 Å². The van der Waals surface area contributed by atoms with Crippen molar-refractivity contribution in [2.45, 2.75) is 24.7 Å². The minimum atomic E-state index is -3.71. The van der Waals surface area contributed by atoms with E-state index in [-0.39, 0.29) is 10.9 Å². The van der Waals surface area contributed by atoms with Gasteiger partial charge in [0.1, 0.15) is 5.75 Å². The van der Waals surface area contributed by atoms with Crippen molar-refractivity contribution in [3.63, 3.8) is 0 Å². The number of hydrogen-bond donors (Lipinski definition) is 0. The van der Waals surface area contributed by atoms with Crippen molar-refractivity contribution in [1.29, 1.82) is 0 Å². The van der Waals surface area contributed by atoms with Gasteiger partial charge in [-0.25, -0.2) is 8.42 Å². The highest BCUT2D eigenvalue weighted by atomic mass is 35.7. The van der Waals surface area contributed by atoms with Crippen LogP contribution in [0.25, 0.3) is 0 Å². The third kappa shape index (κ3) is 5.94. The molecule has 0 N–H and O–H groups in total. The Morgan fingerprint density at radius 3 is 2.42 bits per heavy atom. The van der Waals surface area contributed by atoms with Crippen LogP contribution < -0.4 is 4.74 Å². The molecule has 0 fully saturated rings. The highest BCUT2D eigenvalue weighted by Crippen LogP contribution is 2.19. The summed E-state index contributed by atoms with van der Waals surface area (Å²) in [6.45, 7) is 2.47. The molecule has 0 unspecified atom stereocenters. The van der Waals surface area contributed by atoms with Crippen molar-refractivity contribution in [2.24, 2.45) is 0 Å². The molecule has 0 saturated carbocycles. The van der Waals surface area contributed by atoms with Gasteiger partial charge in [-0.2, -0.15) is 0 Å². The topological polar surface area (TPSA) is 69.7 Å². The van der Waals surface area contributed by atoms with Gasteiger partial charge in [0, 0.05) is 17.1 Å². The zero-order chi connectivity index (χ0) is 14.3. The van der Waals surface area contributed by atoms with Crippen molar-refractivity contribution in [1.82, 2.24) is 0 Å². The molecule has 0 aliphatic heterocycles. The van der Waals surface area contributed by atoms with Crippen LogP contribution in [0.5, 0.6) is 5.75 Å². The number of halogens is 1. The third-order valence-electron chi connectivity index (χ3n) is 2.20. The standard InChI is InChI=1S/C12H15ClO5S/c1-2-17-12(14)4-3-9-18-10-5-7-11(8-6-10)19(13,15)16/h5-8H,2-4,9H2,1H3. The number of rotatable bonds is 7. The van der Waals surface area contributed by atoms with Crippen LogP contribution in [-0.4, -0.2) is 27.6 Å². The minimum absolute atomic E-state index is 0.0213. The number of ether oxygens (including phenoxy) is 2. The second kappa shape index (κ2) is 7.35. The molecule has 0 heterocycles. The number of carbonyl (C=O) groups is 1. The van der Waals surface area contributed by atoms with E-state index in [1.807, 2.05) is 0 Å². The van der Waals surface area contributed by atoms with Crippen molar-refractivity contribution in [3.8, 4) is 5.75 Å². The molecule has 106 valence electrons. The monoisotopic (exact) mass is 306 g/mol. The summed E-state index contributed by atoms with van der Waals surface area (Å²) in [5.41, 5.74) is 0. The van der Waals surface area contributed by atoms with Crippen LogP contribution in [0.4, 0.5) is 0 Å². The Kier molecular flexibility index (Phi) is 6.11. The van der Waals surface area contributed by atoms with E-state index in [2.05, 4.69) is 0 Å². The van der Waals surface area contributed by atoms with Gasteiger partial charge in [0.05, 0.1) is 18.1 Å². The average Bonchev–Trinajstić information content (AvgIpc) is 2.34. The summed E-state index contributed by atoms with van der Waals surface area (Å²) >= 11 is 0. The predicted molar refractivity (Wildman–Crippen MR) is 70.8 cm³/mol. The van der Waals surface area contributed by atoms with E-state index in [9.17, 15) is 13.2 Å². The molecule has 0 spiro atoms. The fourth-order valence-electron chi connectivity index (χ4n) is 1.34. The van der Waals surface area contributed by atoms with E-state index in [0.717, 1.165) is 0 Å². The van der Waals surface area contributed by atoms with Crippen molar-refractivity contribution < 1.29 is 22.7 Å². The lowest BCUT2D eigenvalue weighted by molar-refractivity contribution is -0.143. The van der Waals surface area contributed by atoms with Gasteiger partial charge in [0.15, 0.2) is 0 Å². The largest absolute Gasteiger partial charge is 0.494 e. The van der Waals surface area contributed by atoms with E-state index in [1.54, 1.807) is 6.92 Å². The van der Waals surface area contributed by atoms with Gasteiger partial charge in [-0.05, 0) is 37.6 Å². The van der Waals surface area contributed by atoms with Crippen molar-refractivity contribution in [3.05, 3.63) is 24.3 Å². The highest BCUT2D eigenvalue weighted by molar-refractivity contribution is 8.13. The molecule has 0 atom stereocenters. The number of esters is 1. The summed E-state index contributed by atoms with van der Waals surface area (Å²) in [6, 6.07) is 5.76. The van der Waals surface area contributed by atoms with Crippen molar-refractivity contribution >= 4 is 25.7 Å². The van der Waals surface area contributed by atoms with Gasteiger partial charge < -0.3 is 9.47 Å². The lowest BCUT2D eigenvalue weighted by Crippen LogP contribution is -2.06. The Balaban J connectivity index is 2.37. The fourth-order valence-corrected chi connectivity index (χ4v) is 2.11. The van der Waals surface area contributed by atoms with Gasteiger partial charge in [-0.15, -0.1) is 0 Å². The Morgan fingerprint density at radius 2 is 1.89 bits per heavy atom. The van der Waals surface area contributed by atoms with E-state index in [1.165, 1.54) is 24.3 Å². The molecule has 0 saturated heterocycles. The van der Waals surface area contributed by atoms with Gasteiger partial charge in [0.2, 0.25) is 0 Å². The molecule has 0 amide bonds. The van der Waals surface area contributed by atoms with Crippen LogP contribution in [0.3, 0.4) is 0 Å². The lowest BCUT2D eigenvalue weighted by atomic mass is 10.3. The second-order valence-electron chi connectivity index (χ2n) is 3.67. The van der Waals surface area contributed by atoms with Gasteiger partial charge in [0.25, 0.3) is 9.05 Å². The summed E-state index contributed by atoms with van der Waals surface area (Å²) in [5.74, 6) is 0.266. The molecule has 0 aliphatic carbocycles. The van der Waals surface area contributed by atoms with Crippen LogP contribution in [-0.2, 0) is 18.6 Å². The fraction of sp³-hybridized carbons (Fsp3) is 0.417. The molecule has 0 bridgehead atoms. The second-order valence-corrected chi connectivity index (χ2v) is 6.23. The first-order valence-electron chi connectivity index (χ1n) is 5.76. The zero-order valence-corrected chi connectivity index (χ0v) is 12.0. The molecule has 1 aromatic rings. The summed E-state index contributed by atoms with van der Waals surface area (Å²) in [4.78, 5) is 11.1. The molecule has 0 radical (unpaired) electrons. The summed E-state index contributed by atoms with van der Waals surface area (Å²) in [6.07, 6.45) is 0.830. The van der Waals surface area contributed by atoms with E-state index < -0.39 is 9.05 Å². The average molecular weight is 307 g/mol. The number of benzene rings is 1. The first-order chi connectivity index (χ1) is 8.93. The number of hydrogen-bond acceptors (Lipinski definition) is 5. The Morgan fingerprint density at radius 1 is 1.26 bits per heavy atom. The van der Waals surface area contributed by atoms with Crippen LogP contribution in [0.15, 0.2) is 29.2 Å². The van der Waals surface area contributed by atoms with Crippen LogP contribution in [0, 0.1) is 0 Å². The first-order valence-corrected chi connectivity index (χ1v) is 8.07. The quantitative estimate of drug-likeness (QED) is 0.439. The molecule has 1 aromatic carbocycles. The van der Waals surface area contributed by atoms with E-state index in [0.29, 0.717) is 31.8 Å². The maximum atomic E-state index is 11.1. The van der Waals surface area contributed by atoms with Gasteiger partial charge >= 0.3 is 5.97 Å². The summed E-state index contributed by atoms with van der Waals surface area (Å²) in [5, 5.41) is 0. The SMILES string of the molecule is CCOC(=O)CCCOc1ccc(S(=O)(=O)Cl)cc1.